The van der Waals surface area contributed by atoms with Gasteiger partial charge in [-0.3, -0.25) is 0 Å². The third-order valence-corrected chi connectivity index (χ3v) is 2.66. The molecule has 0 unspecified atom stereocenters. The predicted molar refractivity (Wildman–Crippen MR) is 64.0 cm³/mol. The van der Waals surface area contributed by atoms with Gasteiger partial charge in [0.25, 0.3) is 0 Å². The van der Waals surface area contributed by atoms with Crippen molar-refractivity contribution in [3.05, 3.63) is 23.0 Å². The van der Waals surface area contributed by atoms with E-state index in [-0.39, 0.29) is 5.02 Å². The molecule has 0 amide bonds. The Morgan fingerprint density at radius 3 is 2.81 bits per heavy atom. The second kappa shape index (κ2) is 3.94. The molecule has 1 aromatic carbocycles. The Morgan fingerprint density at radius 1 is 1.50 bits per heavy atom. The van der Waals surface area contributed by atoms with Gasteiger partial charge in [-0.05, 0) is 12.0 Å². The summed E-state index contributed by atoms with van der Waals surface area (Å²) in [6.45, 7) is 4.90. The van der Waals surface area contributed by atoms with Crippen LogP contribution in [0.25, 0.3) is 11.0 Å². The third-order valence-electron chi connectivity index (χ3n) is 2.37. The van der Waals surface area contributed by atoms with E-state index >= 15 is 0 Å². The summed E-state index contributed by atoms with van der Waals surface area (Å²) in [7, 11) is 0. The fourth-order valence-electron chi connectivity index (χ4n) is 1.70. The predicted octanol–water partition coefficient (Wildman–Crippen LogP) is 3.07. The van der Waals surface area contributed by atoms with Gasteiger partial charge in [0.15, 0.2) is 0 Å². The average molecular weight is 242 g/mol. The fraction of sp³-hybridized carbons (Fsp3) is 0.364. The maximum Gasteiger partial charge on any atom is 0.201 e. The van der Waals surface area contributed by atoms with E-state index in [0.717, 1.165) is 12.1 Å². The van der Waals surface area contributed by atoms with E-state index in [9.17, 15) is 4.39 Å². The van der Waals surface area contributed by atoms with Crippen LogP contribution in [0.5, 0.6) is 0 Å². The van der Waals surface area contributed by atoms with Crippen molar-refractivity contribution in [3.63, 3.8) is 0 Å². The molecule has 0 radical (unpaired) electrons. The highest BCUT2D eigenvalue weighted by atomic mass is 35.5. The van der Waals surface area contributed by atoms with E-state index in [2.05, 4.69) is 18.8 Å². The molecule has 0 saturated heterocycles. The lowest BCUT2D eigenvalue weighted by molar-refractivity contribution is 0.537. The fourth-order valence-corrected chi connectivity index (χ4v) is 1.85. The van der Waals surface area contributed by atoms with Gasteiger partial charge in [-0.2, -0.15) is 0 Å². The normalized spacial score (nSPS) is 11.6. The number of rotatable bonds is 2. The Morgan fingerprint density at radius 2 is 2.19 bits per heavy atom. The van der Waals surface area contributed by atoms with Crippen molar-refractivity contribution >= 4 is 28.6 Å². The molecule has 0 spiro atoms. The second-order valence-electron chi connectivity index (χ2n) is 4.23. The largest absolute Gasteiger partial charge is 0.369 e. The van der Waals surface area contributed by atoms with Crippen molar-refractivity contribution in [2.45, 2.75) is 20.4 Å². The molecule has 0 aliphatic rings. The van der Waals surface area contributed by atoms with Crippen molar-refractivity contribution < 1.29 is 4.39 Å². The first-order chi connectivity index (χ1) is 7.49. The number of nitrogens with zero attached hydrogens (tertiary/aromatic N) is 2. The van der Waals surface area contributed by atoms with Crippen LogP contribution >= 0.6 is 11.6 Å². The lowest BCUT2D eigenvalue weighted by Crippen LogP contribution is -2.07. The summed E-state index contributed by atoms with van der Waals surface area (Å²) >= 11 is 5.75. The van der Waals surface area contributed by atoms with Crippen molar-refractivity contribution in [3.8, 4) is 0 Å². The Hall–Kier alpha value is -1.29. The molecule has 3 nitrogen and oxygen atoms in total. The quantitative estimate of drug-likeness (QED) is 0.878. The molecule has 1 aromatic heterocycles. The van der Waals surface area contributed by atoms with E-state index in [4.69, 9.17) is 17.3 Å². The Balaban J connectivity index is 2.64. The number of hydrogen-bond acceptors (Lipinski definition) is 2. The van der Waals surface area contributed by atoms with Crippen molar-refractivity contribution in [1.29, 1.82) is 0 Å². The maximum atomic E-state index is 13.2. The second-order valence-corrected chi connectivity index (χ2v) is 4.64. The van der Waals surface area contributed by atoms with Crippen LogP contribution in [0.2, 0.25) is 5.02 Å². The first-order valence-corrected chi connectivity index (χ1v) is 5.47. The van der Waals surface area contributed by atoms with E-state index in [1.54, 1.807) is 6.07 Å². The van der Waals surface area contributed by atoms with Gasteiger partial charge in [0, 0.05) is 12.6 Å². The summed E-state index contributed by atoms with van der Waals surface area (Å²) < 4.78 is 15.1. The Bertz CT molecular complexity index is 533. The van der Waals surface area contributed by atoms with Gasteiger partial charge >= 0.3 is 0 Å². The van der Waals surface area contributed by atoms with Gasteiger partial charge < -0.3 is 10.3 Å². The first-order valence-electron chi connectivity index (χ1n) is 5.09. The molecule has 0 bridgehead atoms. The van der Waals surface area contributed by atoms with Crippen molar-refractivity contribution in [1.82, 2.24) is 9.55 Å². The molecule has 1 heterocycles. The van der Waals surface area contributed by atoms with Crippen LogP contribution in [0.15, 0.2) is 12.1 Å². The summed E-state index contributed by atoms with van der Waals surface area (Å²) in [4.78, 5) is 4.11. The minimum atomic E-state index is -0.469. The monoisotopic (exact) mass is 241 g/mol. The lowest BCUT2D eigenvalue weighted by atomic mass is 10.2. The first kappa shape index (κ1) is 11.2. The molecular weight excluding hydrogens is 229 g/mol. The van der Waals surface area contributed by atoms with Crippen LogP contribution < -0.4 is 5.73 Å². The maximum absolute atomic E-state index is 13.2. The molecule has 16 heavy (non-hydrogen) atoms. The third kappa shape index (κ3) is 1.85. The number of benzene rings is 1. The van der Waals surface area contributed by atoms with Gasteiger partial charge in [-0.15, -0.1) is 0 Å². The summed E-state index contributed by atoms with van der Waals surface area (Å²) in [5.41, 5.74) is 7.11. The number of aromatic nitrogens is 2. The number of hydrogen-bond donors (Lipinski definition) is 1. The number of nitrogen functional groups attached to an aromatic ring is 1. The zero-order chi connectivity index (χ0) is 11.9. The van der Waals surface area contributed by atoms with Gasteiger partial charge in [0.2, 0.25) is 5.95 Å². The Kier molecular flexibility index (Phi) is 2.76. The molecule has 2 aromatic rings. The van der Waals surface area contributed by atoms with Crippen LogP contribution in [0.3, 0.4) is 0 Å². The highest BCUT2D eigenvalue weighted by Crippen LogP contribution is 2.25. The minimum absolute atomic E-state index is 0.0948. The van der Waals surface area contributed by atoms with E-state index in [1.807, 2.05) is 4.57 Å². The van der Waals surface area contributed by atoms with Crippen LogP contribution in [0, 0.1) is 11.7 Å². The molecular formula is C11H13ClFN3. The number of nitrogens with two attached hydrogens (primary N) is 1. The average Bonchev–Trinajstić information content (AvgIpc) is 2.45. The van der Waals surface area contributed by atoms with Gasteiger partial charge in [-0.25, -0.2) is 9.37 Å². The summed E-state index contributed by atoms with van der Waals surface area (Å²) in [5, 5.41) is 0.0948. The molecule has 5 heteroatoms. The van der Waals surface area contributed by atoms with Crippen LogP contribution in [-0.2, 0) is 6.54 Å². The highest BCUT2D eigenvalue weighted by Gasteiger charge is 2.12. The molecule has 0 aliphatic carbocycles. The zero-order valence-electron chi connectivity index (χ0n) is 9.17. The SMILES string of the molecule is CC(C)Cn1c(N)nc2cc(F)c(Cl)cc21. The standard InChI is InChI=1S/C11H13ClFN3/c1-6(2)5-16-10-3-7(12)8(13)4-9(10)15-11(16)14/h3-4,6H,5H2,1-2H3,(H2,14,15). The van der Waals surface area contributed by atoms with Crippen molar-refractivity contribution in [2.75, 3.05) is 5.73 Å². The summed E-state index contributed by atoms with van der Waals surface area (Å²) in [6, 6.07) is 2.88. The van der Waals surface area contributed by atoms with E-state index < -0.39 is 5.82 Å². The van der Waals surface area contributed by atoms with Crippen LogP contribution in [0.1, 0.15) is 13.8 Å². The molecule has 0 aliphatic heterocycles. The number of halogens is 2. The number of anilines is 1. The molecule has 0 saturated carbocycles. The smallest absolute Gasteiger partial charge is 0.201 e. The highest BCUT2D eigenvalue weighted by molar-refractivity contribution is 6.31. The summed E-state index contributed by atoms with van der Waals surface area (Å²) in [5.74, 6) is 0.359. The van der Waals surface area contributed by atoms with E-state index in [1.165, 1.54) is 6.07 Å². The molecule has 0 atom stereocenters. The van der Waals surface area contributed by atoms with E-state index in [0.29, 0.717) is 17.4 Å². The van der Waals surface area contributed by atoms with Crippen molar-refractivity contribution in [2.24, 2.45) is 5.92 Å². The number of fused-ring (bicyclic) bond motifs is 1. The molecule has 0 fully saturated rings. The lowest BCUT2D eigenvalue weighted by Gasteiger charge is -2.09. The minimum Gasteiger partial charge on any atom is -0.369 e. The Labute approximate surface area is 98.0 Å². The topological polar surface area (TPSA) is 43.8 Å². The summed E-state index contributed by atoms with van der Waals surface area (Å²) in [6.07, 6.45) is 0. The van der Waals surface area contributed by atoms with Gasteiger partial charge in [0.1, 0.15) is 5.82 Å². The molecule has 2 N–H and O–H groups in total. The molecule has 2 rings (SSSR count). The zero-order valence-corrected chi connectivity index (χ0v) is 9.92. The van der Waals surface area contributed by atoms with Gasteiger partial charge in [0.05, 0.1) is 16.1 Å². The number of imidazole rings is 1. The molecule has 86 valence electrons. The van der Waals surface area contributed by atoms with Gasteiger partial charge in [-0.1, -0.05) is 25.4 Å². The van der Waals surface area contributed by atoms with Crippen LogP contribution in [-0.4, -0.2) is 9.55 Å². The van der Waals surface area contributed by atoms with Crippen LogP contribution in [0.4, 0.5) is 10.3 Å².